The van der Waals surface area contributed by atoms with Crippen LogP contribution in [0.3, 0.4) is 0 Å². The second kappa shape index (κ2) is 10.3. The third kappa shape index (κ3) is 5.84. The van der Waals surface area contributed by atoms with E-state index in [0.29, 0.717) is 13.0 Å². The summed E-state index contributed by atoms with van der Waals surface area (Å²) < 4.78 is 0. The number of hydrogen-bond donors (Lipinski definition) is 3. The van der Waals surface area contributed by atoms with Gasteiger partial charge in [-0.1, -0.05) is 32.8 Å². The first-order valence-corrected chi connectivity index (χ1v) is 9.97. The number of amides is 2. The lowest BCUT2D eigenvalue weighted by atomic mass is 9.97. The monoisotopic (exact) mass is 359 g/mol. The van der Waals surface area contributed by atoms with Gasteiger partial charge in [-0.15, -0.1) is 0 Å². The largest absolute Gasteiger partial charge is 0.344 e. The summed E-state index contributed by atoms with van der Waals surface area (Å²) in [5, 5.41) is 5.93. The zero-order valence-electron chi connectivity index (χ0n) is 16.1. The van der Waals surface area contributed by atoms with Crippen molar-refractivity contribution < 1.29 is 9.59 Å². The van der Waals surface area contributed by atoms with Gasteiger partial charge >= 0.3 is 0 Å². The van der Waals surface area contributed by atoms with E-state index in [1.165, 1.54) is 17.5 Å². The summed E-state index contributed by atoms with van der Waals surface area (Å²) in [4.78, 5) is 25.0. The summed E-state index contributed by atoms with van der Waals surface area (Å²) in [5.74, 6) is -0.110. The van der Waals surface area contributed by atoms with Crippen molar-refractivity contribution in [3.05, 3.63) is 29.3 Å². The number of unbranched alkanes of at least 4 members (excludes halogenated alkanes) is 2. The first kappa shape index (κ1) is 20.4. The molecule has 0 bridgehead atoms. The van der Waals surface area contributed by atoms with E-state index in [1.807, 2.05) is 19.9 Å². The molecule has 1 aromatic carbocycles. The Bertz CT molecular complexity index is 615. The molecule has 0 radical (unpaired) electrons. The van der Waals surface area contributed by atoms with Gasteiger partial charge in [0, 0.05) is 12.1 Å². The zero-order valence-corrected chi connectivity index (χ0v) is 16.1. The van der Waals surface area contributed by atoms with E-state index in [9.17, 15) is 9.59 Å². The van der Waals surface area contributed by atoms with Crippen LogP contribution in [0.4, 0.5) is 5.69 Å². The summed E-state index contributed by atoms with van der Waals surface area (Å²) in [6, 6.07) is 5.63. The number of carbonyl (C=O) groups excluding carboxylic acids is 2. The van der Waals surface area contributed by atoms with Crippen molar-refractivity contribution >= 4 is 17.5 Å². The maximum Gasteiger partial charge on any atom is 0.247 e. The molecule has 5 nitrogen and oxygen atoms in total. The van der Waals surface area contributed by atoms with Crippen LogP contribution in [0.1, 0.15) is 63.5 Å². The highest BCUT2D eigenvalue weighted by atomic mass is 16.2. The van der Waals surface area contributed by atoms with Crippen LogP contribution in [-0.4, -0.2) is 24.4 Å². The molecule has 2 rings (SSSR count). The van der Waals surface area contributed by atoms with Gasteiger partial charge in [0.25, 0.3) is 0 Å². The molecule has 0 aromatic heterocycles. The van der Waals surface area contributed by atoms with Gasteiger partial charge in [-0.3, -0.25) is 9.59 Å². The first-order chi connectivity index (χ1) is 12.5. The molecule has 1 aromatic rings. The Morgan fingerprint density at radius 3 is 2.65 bits per heavy atom. The fourth-order valence-electron chi connectivity index (χ4n) is 3.42. The van der Waals surface area contributed by atoms with E-state index in [-0.39, 0.29) is 17.7 Å². The van der Waals surface area contributed by atoms with Crippen LogP contribution in [0.15, 0.2) is 18.2 Å². The number of benzene rings is 1. The van der Waals surface area contributed by atoms with Gasteiger partial charge in [0.15, 0.2) is 0 Å². The maximum atomic E-state index is 12.8. The molecular weight excluding hydrogens is 326 g/mol. The quantitative estimate of drug-likeness (QED) is 0.561. The van der Waals surface area contributed by atoms with E-state index in [4.69, 9.17) is 5.73 Å². The van der Waals surface area contributed by atoms with Crippen LogP contribution < -0.4 is 16.4 Å². The Morgan fingerprint density at radius 1 is 1.15 bits per heavy atom. The molecule has 1 aliphatic carbocycles. The van der Waals surface area contributed by atoms with E-state index >= 15 is 0 Å². The summed E-state index contributed by atoms with van der Waals surface area (Å²) in [6.07, 6.45) is 7.34. The van der Waals surface area contributed by atoms with Gasteiger partial charge in [0.2, 0.25) is 11.8 Å². The lowest BCUT2D eigenvalue weighted by Gasteiger charge is -2.24. The number of hydrogen-bond acceptors (Lipinski definition) is 3. The van der Waals surface area contributed by atoms with Crippen molar-refractivity contribution in [1.82, 2.24) is 5.32 Å². The highest BCUT2D eigenvalue weighted by Crippen LogP contribution is 2.25. The number of anilines is 1. The third-order valence-electron chi connectivity index (χ3n) is 5.29. The van der Waals surface area contributed by atoms with Crippen LogP contribution in [0.5, 0.6) is 0 Å². The molecule has 0 aliphatic heterocycles. The van der Waals surface area contributed by atoms with Gasteiger partial charge in [-0.05, 0) is 67.8 Å². The molecule has 0 unspecified atom stereocenters. The fraction of sp³-hybridized carbons (Fsp3) is 0.619. The summed E-state index contributed by atoms with van der Waals surface area (Å²) in [7, 11) is 0. The van der Waals surface area contributed by atoms with Gasteiger partial charge in [0.1, 0.15) is 6.04 Å². The molecule has 4 N–H and O–H groups in total. The number of fused-ring (bicyclic) bond motifs is 1. The van der Waals surface area contributed by atoms with Gasteiger partial charge in [-0.2, -0.15) is 0 Å². The number of nitrogens with two attached hydrogens (primary N) is 1. The molecule has 2 atom stereocenters. The second-order valence-electron chi connectivity index (χ2n) is 7.36. The molecular formula is C21H33N3O2. The first-order valence-electron chi connectivity index (χ1n) is 9.97. The van der Waals surface area contributed by atoms with Crippen LogP contribution in [0, 0.1) is 5.92 Å². The van der Waals surface area contributed by atoms with Gasteiger partial charge in [-0.25, -0.2) is 0 Å². The molecule has 0 fully saturated rings. The number of carbonyl (C=O) groups is 2. The number of nitrogens with one attached hydrogen (secondary N) is 2. The van der Waals surface area contributed by atoms with E-state index < -0.39 is 6.04 Å². The number of rotatable bonds is 10. The van der Waals surface area contributed by atoms with Crippen molar-refractivity contribution in [3.8, 4) is 0 Å². The van der Waals surface area contributed by atoms with Gasteiger partial charge in [0.05, 0.1) is 0 Å². The minimum Gasteiger partial charge on any atom is -0.344 e. The van der Waals surface area contributed by atoms with Crippen LogP contribution >= 0.6 is 0 Å². The highest BCUT2D eigenvalue weighted by Gasteiger charge is 2.26. The average molecular weight is 360 g/mol. The molecule has 1 aliphatic rings. The van der Waals surface area contributed by atoms with Crippen molar-refractivity contribution in [2.45, 2.75) is 71.3 Å². The maximum absolute atomic E-state index is 12.8. The molecule has 5 heteroatoms. The smallest absolute Gasteiger partial charge is 0.247 e. The lowest BCUT2D eigenvalue weighted by molar-refractivity contribution is -0.127. The van der Waals surface area contributed by atoms with Crippen LogP contribution in [-0.2, 0) is 22.4 Å². The van der Waals surface area contributed by atoms with E-state index in [2.05, 4.69) is 22.8 Å². The standard InChI is InChI=1S/C21H33N3O2/c1-3-15(2)20(24-19(25)10-5-4-6-13-22)21(26)23-18-12-11-16-8-7-9-17(16)14-18/h11-12,14-15,20H,3-10,13,22H2,1-2H3,(H,23,26)(H,24,25)/t15-,20-/m0/s1. The van der Waals surface area contributed by atoms with E-state index in [1.54, 1.807) is 0 Å². The Morgan fingerprint density at radius 2 is 1.92 bits per heavy atom. The minimum absolute atomic E-state index is 0.0589. The molecule has 0 spiro atoms. The summed E-state index contributed by atoms with van der Waals surface area (Å²) >= 11 is 0. The Balaban J connectivity index is 1.94. The Kier molecular flexibility index (Phi) is 8.10. The number of aryl methyl sites for hydroxylation is 2. The average Bonchev–Trinajstić information content (AvgIpc) is 3.10. The van der Waals surface area contributed by atoms with Crippen molar-refractivity contribution in [1.29, 1.82) is 0 Å². The van der Waals surface area contributed by atoms with Crippen molar-refractivity contribution in [2.75, 3.05) is 11.9 Å². The molecule has 144 valence electrons. The predicted octanol–water partition coefficient (Wildman–Crippen LogP) is 3.16. The fourth-order valence-corrected chi connectivity index (χ4v) is 3.42. The third-order valence-corrected chi connectivity index (χ3v) is 5.29. The van der Waals surface area contributed by atoms with Crippen molar-refractivity contribution in [3.63, 3.8) is 0 Å². The van der Waals surface area contributed by atoms with Gasteiger partial charge < -0.3 is 16.4 Å². The zero-order chi connectivity index (χ0) is 18.9. The summed E-state index contributed by atoms with van der Waals surface area (Å²) in [6.45, 7) is 4.69. The molecule has 0 heterocycles. The van der Waals surface area contributed by atoms with E-state index in [0.717, 1.165) is 44.2 Å². The Hall–Kier alpha value is -1.88. The highest BCUT2D eigenvalue weighted by molar-refractivity contribution is 5.97. The molecule has 0 saturated heterocycles. The minimum atomic E-state index is -0.504. The van der Waals surface area contributed by atoms with Crippen LogP contribution in [0.2, 0.25) is 0 Å². The topological polar surface area (TPSA) is 84.2 Å². The normalized spacial score (nSPS) is 15.2. The molecule has 0 saturated carbocycles. The lowest BCUT2D eigenvalue weighted by Crippen LogP contribution is -2.47. The predicted molar refractivity (Wildman–Crippen MR) is 106 cm³/mol. The second-order valence-corrected chi connectivity index (χ2v) is 7.36. The van der Waals surface area contributed by atoms with Crippen LogP contribution in [0.25, 0.3) is 0 Å². The van der Waals surface area contributed by atoms with Crippen molar-refractivity contribution in [2.24, 2.45) is 11.7 Å². The SMILES string of the molecule is CC[C@H](C)[C@H](NC(=O)CCCCCN)C(=O)Nc1ccc2c(c1)CCC2. The molecule has 26 heavy (non-hydrogen) atoms. The molecule has 2 amide bonds. The Labute approximate surface area is 157 Å². The summed E-state index contributed by atoms with van der Waals surface area (Å²) in [5.41, 5.74) is 9.01.